The average Bonchev–Trinajstić information content (AvgIpc) is 3.29. The number of carbonyl (C=O) groups excluding carboxylic acids is 2. The molecule has 3 N–H and O–H groups in total. The van der Waals surface area contributed by atoms with E-state index in [2.05, 4.69) is 25.9 Å². The summed E-state index contributed by atoms with van der Waals surface area (Å²) in [6.07, 6.45) is 2.96. The molecular weight excluding hydrogens is 474 g/mol. The first-order valence-corrected chi connectivity index (χ1v) is 12.2. The van der Waals surface area contributed by atoms with Crippen LogP contribution in [0.1, 0.15) is 36.7 Å². The molecule has 2 amide bonds. The Morgan fingerprint density at radius 2 is 1.72 bits per heavy atom. The molecule has 0 fully saturated rings. The molecule has 0 aliphatic rings. The number of thiazole rings is 1. The molecule has 0 saturated heterocycles. The predicted molar refractivity (Wildman–Crippen MR) is 144 cm³/mol. The number of amides is 2. The van der Waals surface area contributed by atoms with Crippen LogP contribution in [-0.2, 0) is 4.74 Å². The molecule has 0 saturated carbocycles. The van der Waals surface area contributed by atoms with Crippen molar-refractivity contribution in [2.75, 3.05) is 16.0 Å². The van der Waals surface area contributed by atoms with Crippen LogP contribution in [0.5, 0.6) is 0 Å². The third-order valence-corrected chi connectivity index (χ3v) is 5.75. The number of anilines is 4. The third kappa shape index (κ3) is 6.67. The van der Waals surface area contributed by atoms with Gasteiger partial charge in [-0.05, 0) is 81.8 Å². The van der Waals surface area contributed by atoms with Crippen molar-refractivity contribution in [2.45, 2.75) is 33.3 Å². The van der Waals surface area contributed by atoms with Gasteiger partial charge < -0.3 is 15.4 Å². The Balaban J connectivity index is 1.40. The van der Waals surface area contributed by atoms with Gasteiger partial charge in [-0.15, -0.1) is 11.3 Å². The molecule has 184 valence electrons. The second-order valence-electron chi connectivity index (χ2n) is 9.09. The molecule has 36 heavy (non-hydrogen) atoms. The summed E-state index contributed by atoms with van der Waals surface area (Å²) in [5, 5.41) is 11.6. The predicted octanol–water partition coefficient (Wildman–Crippen LogP) is 6.86. The van der Waals surface area contributed by atoms with Crippen LogP contribution < -0.4 is 16.0 Å². The molecule has 0 radical (unpaired) electrons. The minimum atomic E-state index is -0.590. The van der Waals surface area contributed by atoms with E-state index in [1.165, 1.54) is 11.3 Å². The number of rotatable bonds is 6. The number of hydrogen-bond donors (Lipinski definition) is 3. The second kappa shape index (κ2) is 10.6. The first-order chi connectivity index (χ1) is 17.2. The molecule has 8 nitrogen and oxygen atoms in total. The van der Waals surface area contributed by atoms with Crippen molar-refractivity contribution in [1.82, 2.24) is 9.97 Å². The van der Waals surface area contributed by atoms with Crippen molar-refractivity contribution in [3.05, 3.63) is 83.5 Å². The number of nitrogens with zero attached hydrogens (tertiary/aromatic N) is 2. The summed E-state index contributed by atoms with van der Waals surface area (Å²) >= 11 is 1.50. The van der Waals surface area contributed by atoms with Gasteiger partial charge in [0.1, 0.15) is 5.60 Å². The van der Waals surface area contributed by atoms with Crippen molar-refractivity contribution in [1.29, 1.82) is 0 Å². The van der Waals surface area contributed by atoms with Gasteiger partial charge in [-0.1, -0.05) is 6.07 Å². The van der Waals surface area contributed by atoms with Gasteiger partial charge in [-0.3, -0.25) is 15.1 Å². The highest BCUT2D eigenvalue weighted by Gasteiger charge is 2.16. The van der Waals surface area contributed by atoms with Crippen molar-refractivity contribution < 1.29 is 14.3 Å². The maximum Gasteiger partial charge on any atom is 0.412 e. The minimum Gasteiger partial charge on any atom is -0.444 e. The largest absolute Gasteiger partial charge is 0.444 e. The van der Waals surface area contributed by atoms with E-state index < -0.39 is 11.7 Å². The third-order valence-electron chi connectivity index (χ3n) is 4.99. The van der Waals surface area contributed by atoms with E-state index in [1.807, 2.05) is 42.6 Å². The van der Waals surface area contributed by atoms with E-state index in [9.17, 15) is 9.59 Å². The molecule has 0 aliphatic carbocycles. The van der Waals surface area contributed by atoms with Crippen molar-refractivity contribution in [3.8, 4) is 11.3 Å². The maximum absolute atomic E-state index is 12.8. The molecule has 4 aromatic rings. The second-order valence-corrected chi connectivity index (χ2v) is 9.95. The summed E-state index contributed by atoms with van der Waals surface area (Å²) in [5.74, 6) is -0.262. The van der Waals surface area contributed by atoms with Crippen LogP contribution in [0.2, 0.25) is 0 Å². The number of pyridine rings is 1. The minimum absolute atomic E-state index is 0.262. The first kappa shape index (κ1) is 24.9. The highest BCUT2D eigenvalue weighted by Crippen LogP contribution is 2.29. The monoisotopic (exact) mass is 501 g/mol. The zero-order chi connectivity index (χ0) is 25.7. The van der Waals surface area contributed by atoms with Gasteiger partial charge in [0.25, 0.3) is 5.91 Å². The number of ether oxygens (including phenoxy) is 1. The van der Waals surface area contributed by atoms with Gasteiger partial charge in [0.2, 0.25) is 0 Å². The number of aryl methyl sites for hydroxylation is 1. The van der Waals surface area contributed by atoms with Gasteiger partial charge in [-0.2, -0.15) is 0 Å². The van der Waals surface area contributed by atoms with Gasteiger partial charge in [0.05, 0.1) is 5.69 Å². The Hall–Kier alpha value is -4.24. The molecule has 9 heteroatoms. The first-order valence-electron chi connectivity index (χ1n) is 11.3. The number of nitrogens with one attached hydrogen (secondary N) is 3. The van der Waals surface area contributed by atoms with Crippen molar-refractivity contribution in [3.63, 3.8) is 0 Å². The fraction of sp³-hybridized carbons (Fsp3) is 0.185. The molecule has 0 spiro atoms. The molecule has 0 unspecified atom stereocenters. The van der Waals surface area contributed by atoms with Crippen molar-refractivity contribution >= 4 is 45.5 Å². The smallest absolute Gasteiger partial charge is 0.412 e. The highest BCUT2D eigenvalue weighted by atomic mass is 32.1. The summed E-state index contributed by atoms with van der Waals surface area (Å²) in [6, 6.07) is 16.1. The zero-order valence-electron chi connectivity index (χ0n) is 20.5. The Kier molecular flexibility index (Phi) is 7.30. The summed E-state index contributed by atoms with van der Waals surface area (Å²) in [7, 11) is 0. The molecule has 4 rings (SSSR count). The van der Waals surface area contributed by atoms with E-state index in [1.54, 1.807) is 57.4 Å². The van der Waals surface area contributed by atoms with Crippen LogP contribution in [-0.4, -0.2) is 27.6 Å². The van der Waals surface area contributed by atoms with Crippen LogP contribution >= 0.6 is 11.3 Å². The highest BCUT2D eigenvalue weighted by molar-refractivity contribution is 7.14. The van der Waals surface area contributed by atoms with Gasteiger partial charge in [0.15, 0.2) is 5.13 Å². The lowest BCUT2D eigenvalue weighted by Crippen LogP contribution is -2.27. The lowest BCUT2D eigenvalue weighted by atomic mass is 10.1. The fourth-order valence-corrected chi connectivity index (χ4v) is 3.99. The average molecular weight is 502 g/mol. The van der Waals surface area contributed by atoms with E-state index in [0.29, 0.717) is 16.9 Å². The molecule has 0 aliphatic heterocycles. The van der Waals surface area contributed by atoms with Crippen LogP contribution in [0.25, 0.3) is 11.3 Å². The molecule has 2 aromatic heterocycles. The summed E-state index contributed by atoms with van der Waals surface area (Å²) < 4.78 is 5.24. The normalized spacial score (nSPS) is 11.0. The molecule has 2 heterocycles. The van der Waals surface area contributed by atoms with E-state index in [4.69, 9.17) is 4.74 Å². The maximum atomic E-state index is 12.8. The van der Waals surface area contributed by atoms with Crippen LogP contribution in [0.15, 0.2) is 72.4 Å². The van der Waals surface area contributed by atoms with Crippen molar-refractivity contribution in [2.24, 2.45) is 0 Å². The molecule has 0 bridgehead atoms. The standard InChI is InChI=1S/C27H27N5O3S/c1-17-7-10-21(14-22(17)31-25-32-23(16-36-25)19-6-5-13-28-15-19)29-24(33)18-8-11-20(12-9-18)30-26(34)35-27(2,3)4/h5-16H,1-4H3,(H,29,33)(H,30,34)(H,31,32). The quantitative estimate of drug-likeness (QED) is 0.267. The molecule has 2 aromatic carbocycles. The van der Waals surface area contributed by atoms with Crippen LogP contribution in [0.4, 0.5) is 27.0 Å². The van der Waals surface area contributed by atoms with E-state index in [0.717, 1.165) is 27.6 Å². The number of hydrogen-bond acceptors (Lipinski definition) is 7. The zero-order valence-corrected chi connectivity index (χ0v) is 21.3. The van der Waals surface area contributed by atoms with Gasteiger partial charge >= 0.3 is 6.09 Å². The summed E-state index contributed by atoms with van der Waals surface area (Å²) in [4.78, 5) is 33.5. The Labute approximate surface area is 213 Å². The fourth-order valence-electron chi connectivity index (χ4n) is 3.26. The number of benzene rings is 2. The Morgan fingerprint density at radius 3 is 2.42 bits per heavy atom. The SMILES string of the molecule is Cc1ccc(NC(=O)c2ccc(NC(=O)OC(C)(C)C)cc2)cc1Nc1nc(-c2cccnc2)cs1. The lowest BCUT2D eigenvalue weighted by molar-refractivity contribution is 0.0636. The topological polar surface area (TPSA) is 105 Å². The van der Waals surface area contributed by atoms with E-state index >= 15 is 0 Å². The van der Waals surface area contributed by atoms with Crippen LogP contribution in [0, 0.1) is 6.92 Å². The van der Waals surface area contributed by atoms with E-state index in [-0.39, 0.29) is 5.91 Å². The Bertz CT molecular complexity index is 1360. The summed E-state index contributed by atoms with van der Waals surface area (Å²) in [6.45, 7) is 7.37. The Morgan fingerprint density at radius 1 is 0.972 bits per heavy atom. The number of aromatic nitrogens is 2. The number of carbonyl (C=O) groups is 2. The van der Waals surface area contributed by atoms with Crippen LogP contribution in [0.3, 0.4) is 0 Å². The molecular formula is C27H27N5O3S. The van der Waals surface area contributed by atoms with Gasteiger partial charge in [0, 0.05) is 46.0 Å². The summed E-state index contributed by atoms with van der Waals surface area (Å²) in [5.41, 5.74) is 4.72. The molecule has 0 atom stereocenters. The van der Waals surface area contributed by atoms with Gasteiger partial charge in [-0.25, -0.2) is 9.78 Å². The lowest BCUT2D eigenvalue weighted by Gasteiger charge is -2.19.